The minimum Gasteiger partial charge on any atom is -0.497 e. The topological polar surface area (TPSA) is 84.8 Å². The Morgan fingerprint density at radius 1 is 1.26 bits per heavy atom. The molecule has 0 aliphatic heterocycles. The van der Waals surface area contributed by atoms with Crippen LogP contribution in [0.15, 0.2) is 54.7 Å². The van der Waals surface area contributed by atoms with E-state index >= 15 is 0 Å². The smallest absolute Gasteiger partial charge is 0.246 e. The van der Waals surface area contributed by atoms with Crippen LogP contribution < -0.4 is 10.1 Å². The van der Waals surface area contributed by atoms with E-state index in [2.05, 4.69) is 20.5 Å². The number of nitrogens with zero attached hydrogens (tertiary/aromatic N) is 3. The van der Waals surface area contributed by atoms with Crippen LogP contribution in [0.5, 0.6) is 5.75 Å². The number of hydrogen-bond donors (Lipinski definition) is 2. The lowest BCUT2D eigenvalue weighted by Crippen LogP contribution is -2.19. The number of aromatic nitrogens is 4. The van der Waals surface area contributed by atoms with Crippen LogP contribution in [0.3, 0.4) is 0 Å². The predicted molar refractivity (Wildman–Crippen MR) is 124 cm³/mol. The summed E-state index contributed by atoms with van der Waals surface area (Å²) in [6.45, 7) is 0.0100. The summed E-state index contributed by atoms with van der Waals surface area (Å²) >= 11 is 12.9. The quantitative estimate of drug-likeness (QED) is 0.372. The average Bonchev–Trinajstić information content (AvgIpc) is 3.36. The molecule has 0 aliphatic carbocycles. The summed E-state index contributed by atoms with van der Waals surface area (Å²) in [4.78, 5) is 17.9. The number of amides is 1. The molecule has 2 heterocycles. The van der Waals surface area contributed by atoms with Crippen molar-refractivity contribution >= 4 is 46.2 Å². The standard InChI is InChI=1S/C21H18ClN5O2S2/c1-29-15-8-6-13(7-9-15)19-25-26-21(30)27(19)12-18(28)24-20-23-11-16(31-20)10-14-4-2-3-5-17(14)22/h2-9,11H,10,12H2,1H3,(H,26,30)(H,23,24,28). The molecule has 0 saturated heterocycles. The fraction of sp³-hybridized carbons (Fsp3) is 0.143. The summed E-state index contributed by atoms with van der Waals surface area (Å²) in [5, 5.41) is 11.1. The number of aromatic amines is 1. The number of hydrogen-bond acceptors (Lipinski definition) is 6. The van der Waals surface area contributed by atoms with Crippen LogP contribution in [-0.4, -0.2) is 32.8 Å². The molecule has 0 unspecified atom stereocenters. The molecule has 0 fully saturated rings. The zero-order chi connectivity index (χ0) is 21.8. The van der Waals surface area contributed by atoms with Crippen LogP contribution in [0, 0.1) is 4.77 Å². The Morgan fingerprint density at radius 2 is 2.03 bits per heavy atom. The highest BCUT2D eigenvalue weighted by Gasteiger charge is 2.14. The number of nitrogens with one attached hydrogen (secondary N) is 2. The van der Waals surface area contributed by atoms with Crippen molar-refractivity contribution in [1.29, 1.82) is 0 Å². The third kappa shape index (κ3) is 5.01. The number of rotatable bonds is 7. The number of anilines is 1. The maximum absolute atomic E-state index is 12.6. The maximum atomic E-state index is 12.6. The van der Waals surface area contributed by atoms with Crippen molar-refractivity contribution < 1.29 is 9.53 Å². The molecule has 2 N–H and O–H groups in total. The van der Waals surface area contributed by atoms with Gasteiger partial charge in [0.25, 0.3) is 0 Å². The molecule has 158 valence electrons. The van der Waals surface area contributed by atoms with Crippen LogP contribution in [0.4, 0.5) is 5.13 Å². The molecule has 0 bridgehead atoms. The third-order valence-corrected chi connectivity index (χ3v) is 6.12. The van der Waals surface area contributed by atoms with Crippen molar-refractivity contribution in [3.63, 3.8) is 0 Å². The van der Waals surface area contributed by atoms with Gasteiger partial charge in [-0.15, -0.1) is 11.3 Å². The van der Waals surface area contributed by atoms with E-state index in [1.165, 1.54) is 11.3 Å². The molecule has 0 saturated carbocycles. The Kier molecular flexibility index (Phi) is 6.45. The fourth-order valence-corrected chi connectivity index (χ4v) is 4.25. The van der Waals surface area contributed by atoms with Crippen molar-refractivity contribution in [1.82, 2.24) is 19.7 Å². The van der Waals surface area contributed by atoms with E-state index in [0.717, 1.165) is 21.8 Å². The molecule has 2 aromatic heterocycles. The molecule has 0 spiro atoms. The lowest BCUT2D eigenvalue weighted by molar-refractivity contribution is -0.116. The van der Waals surface area contributed by atoms with E-state index in [-0.39, 0.29) is 12.5 Å². The van der Waals surface area contributed by atoms with Gasteiger partial charge in [-0.3, -0.25) is 14.5 Å². The first-order valence-corrected chi connectivity index (χ1v) is 10.9. The summed E-state index contributed by atoms with van der Waals surface area (Å²) in [6.07, 6.45) is 2.40. The van der Waals surface area contributed by atoms with Gasteiger partial charge < -0.3 is 10.1 Å². The molecular formula is C21H18ClN5O2S2. The van der Waals surface area contributed by atoms with E-state index < -0.39 is 0 Å². The Hall–Kier alpha value is -3.01. The number of carbonyl (C=O) groups excluding carboxylic acids is 1. The molecule has 1 amide bonds. The number of H-pyrrole nitrogens is 1. The Balaban J connectivity index is 1.45. The lowest BCUT2D eigenvalue weighted by atomic mass is 10.1. The van der Waals surface area contributed by atoms with Crippen molar-refractivity contribution in [3.05, 3.63) is 75.0 Å². The highest BCUT2D eigenvalue weighted by atomic mass is 35.5. The van der Waals surface area contributed by atoms with Gasteiger partial charge in [0.2, 0.25) is 5.91 Å². The molecule has 0 aliphatic rings. The molecule has 0 radical (unpaired) electrons. The monoisotopic (exact) mass is 471 g/mol. The van der Waals surface area contributed by atoms with Gasteiger partial charge in [0, 0.05) is 28.1 Å². The number of benzene rings is 2. The van der Waals surface area contributed by atoms with Crippen LogP contribution in [-0.2, 0) is 17.8 Å². The van der Waals surface area contributed by atoms with Gasteiger partial charge in [-0.05, 0) is 48.1 Å². The second-order valence-electron chi connectivity index (χ2n) is 6.62. The number of methoxy groups -OCH3 is 1. The van der Waals surface area contributed by atoms with Crippen molar-refractivity contribution in [2.45, 2.75) is 13.0 Å². The molecule has 2 aromatic carbocycles. The molecule has 10 heteroatoms. The Morgan fingerprint density at radius 3 is 2.77 bits per heavy atom. The summed E-state index contributed by atoms with van der Waals surface area (Å²) < 4.78 is 7.19. The van der Waals surface area contributed by atoms with Gasteiger partial charge in [0.1, 0.15) is 12.3 Å². The van der Waals surface area contributed by atoms with Crippen molar-refractivity contribution in [3.8, 4) is 17.1 Å². The molecule has 4 aromatic rings. The molecular weight excluding hydrogens is 454 g/mol. The molecule has 31 heavy (non-hydrogen) atoms. The first kappa shape index (κ1) is 21.2. The fourth-order valence-electron chi connectivity index (χ4n) is 3.00. The molecule has 0 atom stereocenters. The first-order chi connectivity index (χ1) is 15.0. The highest BCUT2D eigenvalue weighted by molar-refractivity contribution is 7.71. The lowest BCUT2D eigenvalue weighted by Gasteiger charge is -2.07. The number of ether oxygens (including phenoxy) is 1. The van der Waals surface area contributed by atoms with Crippen molar-refractivity contribution in [2.24, 2.45) is 0 Å². The minimum atomic E-state index is -0.245. The van der Waals surface area contributed by atoms with Gasteiger partial charge >= 0.3 is 0 Å². The molecule has 7 nitrogen and oxygen atoms in total. The predicted octanol–water partition coefficient (Wildman–Crippen LogP) is 4.96. The van der Waals surface area contributed by atoms with Crippen molar-refractivity contribution in [2.75, 3.05) is 12.4 Å². The number of carbonyl (C=O) groups is 1. The van der Waals surface area contributed by atoms with Gasteiger partial charge in [-0.2, -0.15) is 5.10 Å². The van der Waals surface area contributed by atoms with Crippen LogP contribution >= 0.6 is 35.2 Å². The third-order valence-electron chi connectivity index (χ3n) is 4.53. The van der Waals surface area contributed by atoms with E-state index in [0.29, 0.717) is 27.2 Å². The maximum Gasteiger partial charge on any atom is 0.246 e. The largest absolute Gasteiger partial charge is 0.497 e. The minimum absolute atomic E-state index is 0.0100. The molecule has 4 rings (SSSR count). The second kappa shape index (κ2) is 9.42. The first-order valence-electron chi connectivity index (χ1n) is 9.31. The Labute approximate surface area is 192 Å². The SMILES string of the molecule is COc1ccc(-c2n[nH]c(=S)n2CC(=O)Nc2ncc(Cc3ccccc3Cl)s2)cc1. The highest BCUT2D eigenvalue weighted by Crippen LogP contribution is 2.25. The van der Waals surface area contributed by atoms with Crippen LogP contribution in [0.25, 0.3) is 11.4 Å². The summed E-state index contributed by atoms with van der Waals surface area (Å²) in [5.41, 5.74) is 1.83. The average molecular weight is 472 g/mol. The van der Waals surface area contributed by atoms with Gasteiger partial charge in [0.15, 0.2) is 15.7 Å². The summed E-state index contributed by atoms with van der Waals surface area (Å²) in [6, 6.07) is 15.0. The van der Waals surface area contributed by atoms with Crippen LogP contribution in [0.1, 0.15) is 10.4 Å². The zero-order valence-corrected chi connectivity index (χ0v) is 18.9. The summed E-state index contributed by atoms with van der Waals surface area (Å²) in [7, 11) is 1.61. The van der Waals surface area contributed by atoms with E-state index in [4.69, 9.17) is 28.6 Å². The Bertz CT molecular complexity index is 1260. The number of thiazole rings is 1. The second-order valence-corrected chi connectivity index (χ2v) is 8.52. The van der Waals surface area contributed by atoms with Gasteiger partial charge in [-0.1, -0.05) is 29.8 Å². The normalized spacial score (nSPS) is 10.8. The van der Waals surface area contributed by atoms with Crippen LogP contribution in [0.2, 0.25) is 5.02 Å². The zero-order valence-electron chi connectivity index (χ0n) is 16.5. The number of halogens is 1. The van der Waals surface area contributed by atoms with Gasteiger partial charge in [-0.25, -0.2) is 4.98 Å². The van der Waals surface area contributed by atoms with E-state index in [1.54, 1.807) is 17.9 Å². The van der Waals surface area contributed by atoms with E-state index in [9.17, 15) is 4.79 Å². The summed E-state index contributed by atoms with van der Waals surface area (Å²) in [5.74, 6) is 1.06. The van der Waals surface area contributed by atoms with E-state index in [1.807, 2.05) is 48.5 Å². The van der Waals surface area contributed by atoms with Gasteiger partial charge in [0.05, 0.1) is 7.11 Å².